The summed E-state index contributed by atoms with van der Waals surface area (Å²) in [6.07, 6.45) is 1.75. The number of nitrogens with zero attached hydrogens (tertiary/aromatic N) is 3. The molecule has 0 aliphatic carbocycles. The number of benzene rings is 2. The highest BCUT2D eigenvalue weighted by molar-refractivity contribution is 7.99. The normalized spacial score (nSPS) is 10.9. The Labute approximate surface area is 202 Å². The first kappa shape index (κ1) is 24.2. The second-order valence-corrected chi connectivity index (χ2v) is 8.98. The molecule has 1 N–H and O–H groups in total. The number of carbonyl (C=O) groups excluding carboxylic acids is 1. The third-order valence-corrected chi connectivity index (χ3v) is 6.36. The second kappa shape index (κ2) is 11.4. The molecule has 0 atom stereocenters. The first-order valence-corrected chi connectivity index (χ1v) is 11.8. The molecule has 32 heavy (non-hydrogen) atoms. The molecule has 9 heteroatoms. The maximum atomic E-state index is 12.4. The first-order chi connectivity index (χ1) is 15.4. The van der Waals surface area contributed by atoms with Crippen molar-refractivity contribution in [2.45, 2.75) is 38.1 Å². The predicted octanol–water partition coefficient (Wildman–Crippen LogP) is 6.20. The molecule has 0 radical (unpaired) electrons. The number of halogens is 2. The number of nitrogens with one attached hydrogen (secondary N) is 1. The lowest BCUT2D eigenvalue weighted by atomic mass is 10.0. The summed E-state index contributed by atoms with van der Waals surface area (Å²) in [5, 5.41) is 12.5. The van der Waals surface area contributed by atoms with E-state index >= 15 is 0 Å². The van der Waals surface area contributed by atoms with Crippen molar-refractivity contribution in [3.63, 3.8) is 0 Å². The van der Waals surface area contributed by atoms with Crippen LogP contribution in [0.25, 0.3) is 0 Å². The molecule has 2 aromatic carbocycles. The van der Waals surface area contributed by atoms with E-state index in [0.717, 1.165) is 5.75 Å². The van der Waals surface area contributed by atoms with Crippen LogP contribution in [0.3, 0.4) is 0 Å². The molecule has 6 nitrogen and oxygen atoms in total. The summed E-state index contributed by atoms with van der Waals surface area (Å²) in [6, 6.07) is 13.1. The minimum Gasteiger partial charge on any atom is -0.486 e. The van der Waals surface area contributed by atoms with Gasteiger partial charge in [0.1, 0.15) is 12.4 Å². The van der Waals surface area contributed by atoms with Gasteiger partial charge < -0.3 is 10.1 Å². The summed E-state index contributed by atoms with van der Waals surface area (Å²) in [5.41, 5.74) is 1.72. The topological polar surface area (TPSA) is 69.0 Å². The Balaban J connectivity index is 1.61. The van der Waals surface area contributed by atoms with Gasteiger partial charge in [-0.05, 0) is 35.7 Å². The minimum atomic E-state index is -0.227. The lowest BCUT2D eigenvalue weighted by molar-refractivity contribution is -0.113. The molecule has 1 aromatic heterocycles. The van der Waals surface area contributed by atoms with Crippen LogP contribution < -0.4 is 10.1 Å². The average molecular weight is 491 g/mol. The van der Waals surface area contributed by atoms with Crippen molar-refractivity contribution in [1.29, 1.82) is 0 Å². The average Bonchev–Trinajstić information content (AvgIpc) is 3.16. The zero-order valence-electron chi connectivity index (χ0n) is 17.8. The molecule has 0 fully saturated rings. The van der Waals surface area contributed by atoms with Crippen LogP contribution in [0.5, 0.6) is 5.75 Å². The molecule has 0 aliphatic heterocycles. The predicted molar refractivity (Wildman–Crippen MR) is 131 cm³/mol. The standard InChI is InChI=1S/C23H24Cl2N4O2S/c1-4-12-29-20(13-31-17-10-8-16(9-11-17)15(2)3)27-28-23(29)32-14-21(30)26-19-7-5-6-18(24)22(19)25/h4-11,15H,1,12-14H2,2-3H3,(H,26,30). The number of allylic oxidation sites excluding steroid dienone is 1. The molecule has 1 amide bonds. The van der Waals surface area contributed by atoms with Crippen LogP contribution in [0.1, 0.15) is 31.2 Å². The lowest BCUT2D eigenvalue weighted by Crippen LogP contribution is -2.15. The van der Waals surface area contributed by atoms with E-state index in [2.05, 4.69) is 48.1 Å². The van der Waals surface area contributed by atoms with Crippen LogP contribution in [-0.2, 0) is 17.9 Å². The van der Waals surface area contributed by atoms with E-state index in [1.165, 1.54) is 17.3 Å². The van der Waals surface area contributed by atoms with E-state index in [1.807, 2.05) is 16.7 Å². The van der Waals surface area contributed by atoms with Gasteiger partial charge in [-0.3, -0.25) is 9.36 Å². The Bertz CT molecular complexity index is 1080. The van der Waals surface area contributed by atoms with Crippen molar-refractivity contribution in [2.24, 2.45) is 0 Å². The van der Waals surface area contributed by atoms with Gasteiger partial charge in [0.25, 0.3) is 0 Å². The molecular weight excluding hydrogens is 467 g/mol. The maximum Gasteiger partial charge on any atom is 0.234 e. The molecule has 0 saturated heterocycles. The smallest absolute Gasteiger partial charge is 0.234 e. The molecule has 0 spiro atoms. The van der Waals surface area contributed by atoms with Gasteiger partial charge in [-0.1, -0.05) is 73.1 Å². The molecule has 168 valence electrons. The monoisotopic (exact) mass is 490 g/mol. The summed E-state index contributed by atoms with van der Waals surface area (Å²) < 4.78 is 7.76. The largest absolute Gasteiger partial charge is 0.486 e. The summed E-state index contributed by atoms with van der Waals surface area (Å²) >= 11 is 13.4. The number of hydrogen-bond acceptors (Lipinski definition) is 5. The van der Waals surface area contributed by atoms with Crippen molar-refractivity contribution < 1.29 is 9.53 Å². The first-order valence-electron chi connectivity index (χ1n) is 10.0. The lowest BCUT2D eigenvalue weighted by Gasteiger charge is -2.11. The van der Waals surface area contributed by atoms with Gasteiger partial charge in [0.15, 0.2) is 11.0 Å². The Morgan fingerprint density at radius 1 is 1.22 bits per heavy atom. The molecule has 0 aliphatic rings. The van der Waals surface area contributed by atoms with Crippen molar-refractivity contribution in [1.82, 2.24) is 14.8 Å². The zero-order chi connectivity index (χ0) is 23.1. The van der Waals surface area contributed by atoms with Gasteiger partial charge in [0, 0.05) is 6.54 Å². The van der Waals surface area contributed by atoms with E-state index in [-0.39, 0.29) is 18.3 Å². The molecule has 0 unspecified atom stereocenters. The van der Waals surface area contributed by atoms with Crippen molar-refractivity contribution in [3.05, 3.63) is 76.6 Å². The zero-order valence-corrected chi connectivity index (χ0v) is 20.2. The van der Waals surface area contributed by atoms with E-state index in [4.69, 9.17) is 27.9 Å². The van der Waals surface area contributed by atoms with Crippen molar-refractivity contribution >= 4 is 46.6 Å². The molecule has 3 aromatic rings. The van der Waals surface area contributed by atoms with Crippen LogP contribution in [0.4, 0.5) is 5.69 Å². The third-order valence-electron chi connectivity index (χ3n) is 4.58. The van der Waals surface area contributed by atoms with E-state index in [9.17, 15) is 4.79 Å². The van der Waals surface area contributed by atoms with Gasteiger partial charge in [0.2, 0.25) is 5.91 Å². The maximum absolute atomic E-state index is 12.4. The summed E-state index contributed by atoms with van der Waals surface area (Å²) in [7, 11) is 0. The van der Waals surface area contributed by atoms with Gasteiger partial charge in [-0.25, -0.2) is 0 Å². The Morgan fingerprint density at radius 3 is 2.66 bits per heavy atom. The highest BCUT2D eigenvalue weighted by Gasteiger charge is 2.15. The molecule has 3 rings (SSSR count). The van der Waals surface area contributed by atoms with Gasteiger partial charge in [-0.15, -0.1) is 16.8 Å². The van der Waals surface area contributed by atoms with Crippen LogP contribution >= 0.6 is 35.0 Å². The minimum absolute atomic E-state index is 0.135. The Morgan fingerprint density at radius 2 is 1.97 bits per heavy atom. The summed E-state index contributed by atoms with van der Waals surface area (Å²) in [4.78, 5) is 12.4. The number of rotatable bonds is 10. The number of anilines is 1. The third kappa shape index (κ3) is 6.28. The van der Waals surface area contributed by atoms with Crippen molar-refractivity contribution in [2.75, 3.05) is 11.1 Å². The SMILES string of the molecule is C=CCn1c(COc2ccc(C(C)C)cc2)nnc1SCC(=O)Nc1cccc(Cl)c1Cl. The highest BCUT2D eigenvalue weighted by Crippen LogP contribution is 2.30. The molecule has 0 bridgehead atoms. The summed E-state index contributed by atoms with van der Waals surface area (Å²) in [5.74, 6) is 1.78. The van der Waals surface area contributed by atoms with Crippen LogP contribution in [0.2, 0.25) is 10.0 Å². The summed E-state index contributed by atoms with van der Waals surface area (Å²) in [6.45, 7) is 8.86. The van der Waals surface area contributed by atoms with E-state index in [1.54, 1.807) is 24.3 Å². The Kier molecular flexibility index (Phi) is 8.61. The number of ether oxygens (including phenoxy) is 1. The molecule has 0 saturated carbocycles. The van der Waals surface area contributed by atoms with E-state index in [0.29, 0.717) is 39.2 Å². The van der Waals surface area contributed by atoms with Gasteiger partial charge in [0.05, 0.1) is 21.5 Å². The number of thioether (sulfide) groups is 1. The number of carbonyl (C=O) groups is 1. The Hall–Kier alpha value is -2.48. The van der Waals surface area contributed by atoms with Gasteiger partial charge >= 0.3 is 0 Å². The molecule has 1 heterocycles. The molecular formula is C23H24Cl2N4O2S. The fourth-order valence-electron chi connectivity index (χ4n) is 2.86. The fourth-order valence-corrected chi connectivity index (χ4v) is 3.97. The van der Waals surface area contributed by atoms with E-state index < -0.39 is 0 Å². The van der Waals surface area contributed by atoms with Crippen molar-refractivity contribution in [3.8, 4) is 5.75 Å². The fraction of sp³-hybridized carbons (Fsp3) is 0.261. The van der Waals surface area contributed by atoms with Crippen LogP contribution in [0, 0.1) is 0 Å². The second-order valence-electron chi connectivity index (χ2n) is 7.25. The van der Waals surface area contributed by atoms with Gasteiger partial charge in [-0.2, -0.15) is 0 Å². The number of amides is 1. The number of aromatic nitrogens is 3. The quantitative estimate of drug-likeness (QED) is 0.270. The number of hydrogen-bond donors (Lipinski definition) is 1. The van der Waals surface area contributed by atoms with Crippen LogP contribution in [0.15, 0.2) is 60.3 Å². The highest BCUT2D eigenvalue weighted by atomic mass is 35.5. The van der Waals surface area contributed by atoms with Crippen LogP contribution in [-0.4, -0.2) is 26.4 Å².